The first-order valence-electron chi connectivity index (χ1n) is 5.67. The summed E-state index contributed by atoms with van der Waals surface area (Å²) in [5.41, 5.74) is 0. The van der Waals surface area contributed by atoms with Gasteiger partial charge in [-0.15, -0.1) is 0 Å². The molecule has 0 aromatic rings. The van der Waals surface area contributed by atoms with Crippen molar-refractivity contribution in [2.75, 3.05) is 20.3 Å². The molecule has 0 bridgehead atoms. The molecule has 15 heavy (non-hydrogen) atoms. The fraction of sp³-hybridized carbons (Fsp3) is 0.909. The fourth-order valence-corrected chi connectivity index (χ4v) is 2.24. The maximum absolute atomic E-state index is 11.5. The lowest BCUT2D eigenvalue weighted by atomic mass is 9.85. The van der Waals surface area contributed by atoms with Gasteiger partial charge >= 0.3 is 6.09 Å². The Morgan fingerprint density at radius 2 is 2.13 bits per heavy atom. The van der Waals surface area contributed by atoms with E-state index < -0.39 is 0 Å². The summed E-state index contributed by atoms with van der Waals surface area (Å²) in [5, 5.41) is 8.56. The van der Waals surface area contributed by atoms with E-state index in [0.717, 1.165) is 6.42 Å². The van der Waals surface area contributed by atoms with Crippen molar-refractivity contribution in [3.05, 3.63) is 0 Å². The Hall–Kier alpha value is -0.770. The third-order valence-corrected chi connectivity index (χ3v) is 3.17. The van der Waals surface area contributed by atoms with Gasteiger partial charge in [0, 0.05) is 13.1 Å². The van der Waals surface area contributed by atoms with E-state index in [1.807, 2.05) is 0 Å². The first-order chi connectivity index (χ1) is 7.16. The van der Waals surface area contributed by atoms with Gasteiger partial charge in [-0.3, -0.25) is 0 Å². The number of hydrogen-bond donors (Lipinski definition) is 1. The maximum Gasteiger partial charge on any atom is 0.409 e. The molecule has 1 fully saturated rings. The maximum atomic E-state index is 11.5. The second kappa shape index (κ2) is 5.95. The van der Waals surface area contributed by atoms with Crippen molar-refractivity contribution in [3.8, 4) is 0 Å². The van der Waals surface area contributed by atoms with Crippen LogP contribution in [-0.4, -0.2) is 42.4 Å². The van der Waals surface area contributed by atoms with Crippen LogP contribution in [0.4, 0.5) is 4.79 Å². The van der Waals surface area contributed by atoms with Crippen LogP contribution in [0, 0.1) is 5.92 Å². The van der Waals surface area contributed by atoms with Crippen LogP contribution in [0.3, 0.4) is 0 Å². The number of amides is 1. The van der Waals surface area contributed by atoms with E-state index in [0.29, 0.717) is 12.0 Å². The molecule has 0 aromatic heterocycles. The van der Waals surface area contributed by atoms with Crippen LogP contribution in [0.5, 0.6) is 0 Å². The number of carbonyl (C=O) groups is 1. The number of hydrogen-bond acceptors (Lipinski definition) is 3. The van der Waals surface area contributed by atoms with Gasteiger partial charge in [-0.2, -0.15) is 0 Å². The van der Waals surface area contributed by atoms with Crippen LogP contribution in [-0.2, 0) is 4.74 Å². The zero-order valence-electron chi connectivity index (χ0n) is 9.61. The minimum Gasteiger partial charge on any atom is -0.447 e. The summed E-state index contributed by atoms with van der Waals surface area (Å²) in [6.45, 7) is 2.16. The lowest BCUT2D eigenvalue weighted by Gasteiger charge is -2.35. The quantitative estimate of drug-likeness (QED) is 0.778. The Morgan fingerprint density at radius 3 is 2.73 bits per heavy atom. The van der Waals surface area contributed by atoms with E-state index in [9.17, 15) is 4.79 Å². The third kappa shape index (κ3) is 3.38. The first kappa shape index (κ1) is 12.3. The Morgan fingerprint density at radius 1 is 1.47 bits per heavy atom. The van der Waals surface area contributed by atoms with Crippen LogP contribution in [0.2, 0.25) is 0 Å². The largest absolute Gasteiger partial charge is 0.447 e. The van der Waals surface area contributed by atoms with Crippen LogP contribution >= 0.6 is 0 Å². The normalized spacial score (nSPS) is 26.1. The van der Waals surface area contributed by atoms with Crippen molar-refractivity contribution in [1.82, 2.24) is 4.90 Å². The van der Waals surface area contributed by atoms with Gasteiger partial charge in [-0.1, -0.05) is 19.8 Å². The van der Waals surface area contributed by atoms with E-state index in [-0.39, 0.29) is 19.3 Å². The summed E-state index contributed by atoms with van der Waals surface area (Å²) in [6.07, 6.45) is 4.38. The molecule has 0 radical (unpaired) electrons. The summed E-state index contributed by atoms with van der Waals surface area (Å²) >= 11 is 0. The predicted molar refractivity (Wildman–Crippen MR) is 57.6 cm³/mol. The molecule has 1 saturated carbocycles. The highest BCUT2D eigenvalue weighted by molar-refractivity contribution is 5.67. The van der Waals surface area contributed by atoms with Crippen molar-refractivity contribution in [3.63, 3.8) is 0 Å². The number of aliphatic hydroxyl groups excluding tert-OH is 1. The van der Waals surface area contributed by atoms with Crippen LogP contribution in [0.15, 0.2) is 0 Å². The fourth-order valence-electron chi connectivity index (χ4n) is 2.24. The average Bonchev–Trinajstić information content (AvgIpc) is 2.25. The zero-order valence-corrected chi connectivity index (χ0v) is 9.61. The van der Waals surface area contributed by atoms with Gasteiger partial charge in [-0.25, -0.2) is 4.79 Å². The smallest absolute Gasteiger partial charge is 0.409 e. The van der Waals surface area contributed by atoms with Gasteiger partial charge in [0.15, 0.2) is 0 Å². The highest BCUT2D eigenvalue weighted by Gasteiger charge is 2.28. The van der Waals surface area contributed by atoms with Crippen molar-refractivity contribution in [2.24, 2.45) is 5.92 Å². The SMILES string of the molecule is CC1CCCCC1N(C)C(=O)OCCO. The molecule has 1 amide bonds. The van der Waals surface area contributed by atoms with Crippen molar-refractivity contribution < 1.29 is 14.6 Å². The van der Waals surface area contributed by atoms with Gasteiger partial charge in [0.25, 0.3) is 0 Å². The second-order valence-electron chi connectivity index (χ2n) is 4.28. The van der Waals surface area contributed by atoms with Gasteiger partial charge in [0.2, 0.25) is 0 Å². The lowest BCUT2D eigenvalue weighted by molar-refractivity contribution is 0.0631. The molecule has 1 N–H and O–H groups in total. The second-order valence-corrected chi connectivity index (χ2v) is 4.28. The number of carbonyl (C=O) groups excluding carboxylic acids is 1. The van der Waals surface area contributed by atoms with Gasteiger partial charge in [0.1, 0.15) is 6.61 Å². The Labute approximate surface area is 91.2 Å². The Kier molecular flexibility index (Phi) is 4.88. The molecule has 4 nitrogen and oxygen atoms in total. The molecule has 0 saturated heterocycles. The van der Waals surface area contributed by atoms with Crippen LogP contribution in [0.1, 0.15) is 32.6 Å². The number of rotatable bonds is 3. The number of ether oxygens (including phenoxy) is 1. The van der Waals surface area contributed by atoms with E-state index in [4.69, 9.17) is 9.84 Å². The van der Waals surface area contributed by atoms with Gasteiger partial charge < -0.3 is 14.7 Å². The molecule has 0 heterocycles. The summed E-state index contributed by atoms with van der Waals surface area (Å²) in [5.74, 6) is 0.547. The van der Waals surface area contributed by atoms with Crippen LogP contribution < -0.4 is 0 Å². The standard InChI is InChI=1S/C11H21NO3/c1-9-5-3-4-6-10(9)12(2)11(14)15-8-7-13/h9-10,13H,3-8H2,1-2H3. The zero-order chi connectivity index (χ0) is 11.3. The predicted octanol–water partition coefficient (Wildman–Crippen LogP) is 1.63. The summed E-state index contributed by atoms with van der Waals surface area (Å²) < 4.78 is 4.89. The molecule has 2 atom stereocenters. The summed E-state index contributed by atoms with van der Waals surface area (Å²) in [6, 6.07) is 0.296. The van der Waals surface area contributed by atoms with Crippen molar-refractivity contribution in [2.45, 2.75) is 38.6 Å². The number of aliphatic hydroxyl groups is 1. The molecule has 0 spiro atoms. The molecule has 2 unspecified atom stereocenters. The monoisotopic (exact) mass is 215 g/mol. The molecule has 1 aliphatic carbocycles. The number of nitrogens with zero attached hydrogens (tertiary/aromatic N) is 1. The van der Waals surface area contributed by atoms with E-state index in [1.54, 1.807) is 11.9 Å². The Balaban J connectivity index is 2.42. The highest BCUT2D eigenvalue weighted by atomic mass is 16.6. The topological polar surface area (TPSA) is 49.8 Å². The third-order valence-electron chi connectivity index (χ3n) is 3.17. The minimum absolute atomic E-state index is 0.0876. The van der Waals surface area contributed by atoms with Crippen molar-refractivity contribution in [1.29, 1.82) is 0 Å². The molecular weight excluding hydrogens is 194 g/mol. The Bertz CT molecular complexity index is 208. The average molecular weight is 215 g/mol. The first-order valence-corrected chi connectivity index (χ1v) is 5.67. The molecule has 4 heteroatoms. The molecule has 1 aliphatic rings. The van der Waals surface area contributed by atoms with E-state index in [2.05, 4.69) is 6.92 Å². The van der Waals surface area contributed by atoms with Crippen molar-refractivity contribution >= 4 is 6.09 Å². The molecule has 1 rings (SSSR count). The summed E-state index contributed by atoms with van der Waals surface area (Å²) in [7, 11) is 1.78. The van der Waals surface area contributed by atoms with Crippen LogP contribution in [0.25, 0.3) is 0 Å². The van der Waals surface area contributed by atoms with E-state index >= 15 is 0 Å². The molecule has 88 valence electrons. The summed E-state index contributed by atoms with van der Waals surface area (Å²) in [4.78, 5) is 13.2. The van der Waals surface area contributed by atoms with Gasteiger partial charge in [0.05, 0.1) is 6.61 Å². The molecular formula is C11H21NO3. The highest BCUT2D eigenvalue weighted by Crippen LogP contribution is 2.27. The minimum atomic E-state index is -0.317. The molecule has 0 aliphatic heterocycles. The lowest BCUT2D eigenvalue weighted by Crippen LogP contribution is -2.43. The van der Waals surface area contributed by atoms with E-state index in [1.165, 1.54) is 19.3 Å². The van der Waals surface area contributed by atoms with Gasteiger partial charge in [-0.05, 0) is 18.8 Å². The molecule has 0 aromatic carbocycles.